The molecule has 0 unspecified atom stereocenters. The molecule has 28 heavy (non-hydrogen) atoms. The van der Waals surface area contributed by atoms with Crippen LogP contribution in [0.5, 0.6) is 0 Å². The molecule has 10 heteroatoms. The Morgan fingerprint density at radius 2 is 2.00 bits per heavy atom. The van der Waals surface area contributed by atoms with Crippen LogP contribution in [-0.2, 0) is 19.6 Å². The highest BCUT2D eigenvalue weighted by atomic mass is 32.2. The Morgan fingerprint density at radius 1 is 1.29 bits per heavy atom. The van der Waals surface area contributed by atoms with Gasteiger partial charge in [-0.3, -0.25) is 9.59 Å². The maximum absolute atomic E-state index is 13.0. The molecule has 154 valence electrons. The first kappa shape index (κ1) is 20.7. The summed E-state index contributed by atoms with van der Waals surface area (Å²) in [5, 5.41) is 3.15. The number of piperazine rings is 1. The lowest BCUT2D eigenvalue weighted by atomic mass is 10.2. The monoisotopic (exact) mass is 409 g/mol. The summed E-state index contributed by atoms with van der Waals surface area (Å²) in [6, 6.07) is 3.80. The van der Waals surface area contributed by atoms with Crippen molar-refractivity contribution < 1.29 is 18.0 Å². The Kier molecular flexibility index (Phi) is 6.33. The molecule has 2 aliphatic heterocycles. The molecule has 0 radical (unpaired) electrons. The molecule has 1 aromatic carbocycles. The summed E-state index contributed by atoms with van der Waals surface area (Å²) in [6.07, 6.45) is 1.21. The number of amides is 2. The minimum Gasteiger partial charge on any atom is -0.339 e. The van der Waals surface area contributed by atoms with Crippen molar-refractivity contribution >= 4 is 27.5 Å². The van der Waals surface area contributed by atoms with Crippen molar-refractivity contribution in [1.82, 2.24) is 14.9 Å². The first-order valence-electron chi connectivity index (χ1n) is 9.47. The number of hydrogen-bond acceptors (Lipinski definition) is 6. The van der Waals surface area contributed by atoms with Crippen LogP contribution < -0.4 is 20.7 Å². The second-order valence-corrected chi connectivity index (χ2v) is 8.72. The van der Waals surface area contributed by atoms with E-state index in [0.29, 0.717) is 50.4 Å². The van der Waals surface area contributed by atoms with Crippen LogP contribution in [0.2, 0.25) is 0 Å². The number of carbonyl (C=O) groups is 2. The molecular weight excluding hydrogens is 382 g/mol. The van der Waals surface area contributed by atoms with Crippen LogP contribution in [0, 0.1) is 6.92 Å². The minimum absolute atomic E-state index is 0.0145. The SMILES string of the molecule is Cc1c(N2CCCC2=O)cccc1S(=O)(=O)N[C@@H](CN)C(=O)N1CCNCC1. The zero-order chi connectivity index (χ0) is 20.3. The van der Waals surface area contributed by atoms with Gasteiger partial charge in [-0.15, -0.1) is 0 Å². The number of nitrogens with two attached hydrogens (primary N) is 1. The number of nitrogens with one attached hydrogen (secondary N) is 2. The van der Waals surface area contributed by atoms with Gasteiger partial charge in [0.1, 0.15) is 6.04 Å². The number of benzene rings is 1. The summed E-state index contributed by atoms with van der Waals surface area (Å²) >= 11 is 0. The molecule has 4 N–H and O–H groups in total. The summed E-state index contributed by atoms with van der Waals surface area (Å²) in [4.78, 5) is 28.0. The van der Waals surface area contributed by atoms with E-state index in [0.717, 1.165) is 6.42 Å². The summed E-state index contributed by atoms with van der Waals surface area (Å²) in [7, 11) is -3.99. The smallest absolute Gasteiger partial charge is 0.242 e. The molecule has 0 bridgehead atoms. The second kappa shape index (κ2) is 8.56. The average molecular weight is 410 g/mol. The van der Waals surface area contributed by atoms with Crippen LogP contribution in [0.1, 0.15) is 18.4 Å². The van der Waals surface area contributed by atoms with Gasteiger partial charge in [0.15, 0.2) is 0 Å². The predicted octanol–water partition coefficient (Wildman–Crippen LogP) is -0.841. The second-order valence-electron chi connectivity index (χ2n) is 7.03. The van der Waals surface area contributed by atoms with Crippen molar-refractivity contribution in [2.45, 2.75) is 30.7 Å². The van der Waals surface area contributed by atoms with E-state index in [1.807, 2.05) is 0 Å². The molecule has 1 aromatic rings. The van der Waals surface area contributed by atoms with Crippen LogP contribution in [0.4, 0.5) is 5.69 Å². The first-order chi connectivity index (χ1) is 13.3. The van der Waals surface area contributed by atoms with E-state index in [1.165, 1.54) is 6.07 Å². The summed E-state index contributed by atoms with van der Waals surface area (Å²) < 4.78 is 28.5. The van der Waals surface area contributed by atoms with Gasteiger partial charge in [-0.1, -0.05) is 6.07 Å². The highest BCUT2D eigenvalue weighted by molar-refractivity contribution is 7.89. The van der Waals surface area contributed by atoms with Crippen LogP contribution in [0.3, 0.4) is 0 Å². The zero-order valence-corrected chi connectivity index (χ0v) is 16.8. The molecule has 2 aliphatic rings. The Bertz CT molecular complexity index is 852. The number of carbonyl (C=O) groups excluding carboxylic acids is 2. The molecule has 0 aromatic heterocycles. The summed E-state index contributed by atoms with van der Waals surface area (Å²) in [5.74, 6) is -0.338. The maximum atomic E-state index is 13.0. The van der Waals surface area contributed by atoms with E-state index in [1.54, 1.807) is 28.9 Å². The average Bonchev–Trinajstić information content (AvgIpc) is 3.12. The van der Waals surface area contributed by atoms with Crippen molar-refractivity contribution in [2.75, 3.05) is 44.2 Å². The van der Waals surface area contributed by atoms with E-state index >= 15 is 0 Å². The van der Waals surface area contributed by atoms with E-state index in [9.17, 15) is 18.0 Å². The highest BCUT2D eigenvalue weighted by Gasteiger charge is 2.31. The summed E-state index contributed by atoms with van der Waals surface area (Å²) in [6.45, 7) is 4.48. The van der Waals surface area contributed by atoms with E-state index in [2.05, 4.69) is 10.0 Å². The third-order valence-corrected chi connectivity index (χ3v) is 6.79. The molecule has 2 fully saturated rings. The van der Waals surface area contributed by atoms with Crippen LogP contribution in [0.25, 0.3) is 0 Å². The predicted molar refractivity (Wildman–Crippen MR) is 105 cm³/mol. The van der Waals surface area contributed by atoms with Gasteiger partial charge >= 0.3 is 0 Å². The van der Waals surface area contributed by atoms with Gasteiger partial charge in [-0.05, 0) is 31.0 Å². The van der Waals surface area contributed by atoms with E-state index in [4.69, 9.17) is 5.73 Å². The minimum atomic E-state index is -3.99. The van der Waals surface area contributed by atoms with Crippen molar-refractivity contribution in [3.8, 4) is 0 Å². The number of sulfonamides is 1. The van der Waals surface area contributed by atoms with Crippen LogP contribution in [0.15, 0.2) is 23.1 Å². The van der Waals surface area contributed by atoms with Crippen molar-refractivity contribution in [2.24, 2.45) is 5.73 Å². The van der Waals surface area contributed by atoms with Gasteiger partial charge < -0.3 is 20.9 Å². The normalized spacial score (nSPS) is 19.1. The molecule has 0 aliphatic carbocycles. The van der Waals surface area contributed by atoms with Gasteiger partial charge in [0, 0.05) is 51.4 Å². The van der Waals surface area contributed by atoms with Gasteiger partial charge in [-0.2, -0.15) is 4.72 Å². The van der Waals surface area contributed by atoms with E-state index < -0.39 is 16.1 Å². The zero-order valence-electron chi connectivity index (χ0n) is 16.0. The van der Waals surface area contributed by atoms with Crippen molar-refractivity contribution in [3.05, 3.63) is 23.8 Å². The Balaban J connectivity index is 1.83. The van der Waals surface area contributed by atoms with Crippen molar-refractivity contribution in [1.29, 1.82) is 0 Å². The highest BCUT2D eigenvalue weighted by Crippen LogP contribution is 2.29. The number of anilines is 1. The fourth-order valence-corrected chi connectivity index (χ4v) is 5.11. The number of hydrogen-bond donors (Lipinski definition) is 3. The van der Waals surface area contributed by atoms with Gasteiger partial charge in [0.25, 0.3) is 0 Å². The van der Waals surface area contributed by atoms with Crippen molar-refractivity contribution in [3.63, 3.8) is 0 Å². The lowest BCUT2D eigenvalue weighted by molar-refractivity contribution is -0.133. The molecular formula is C18H27N5O4S. The Hall–Kier alpha value is -2.01. The lowest BCUT2D eigenvalue weighted by Gasteiger charge is -2.30. The Labute approximate surface area is 165 Å². The van der Waals surface area contributed by atoms with Gasteiger partial charge in [-0.25, -0.2) is 8.42 Å². The first-order valence-corrected chi connectivity index (χ1v) is 11.0. The lowest BCUT2D eigenvalue weighted by Crippen LogP contribution is -2.56. The topological polar surface area (TPSA) is 125 Å². The molecule has 3 rings (SSSR count). The third kappa shape index (κ3) is 4.19. The maximum Gasteiger partial charge on any atom is 0.242 e. The molecule has 9 nitrogen and oxygen atoms in total. The summed E-state index contributed by atoms with van der Waals surface area (Å²) in [5.41, 5.74) is 6.78. The molecule has 1 atom stereocenters. The standard InChI is InChI=1S/C18H27N5O4S/c1-13-15(23-9-3-6-17(23)24)4-2-5-16(13)28(26,27)21-14(12-19)18(25)22-10-7-20-8-11-22/h2,4-5,14,20-21H,3,6-12,19H2,1H3/t14-/m0/s1. The van der Waals surface area contributed by atoms with Crippen LogP contribution in [-0.4, -0.2) is 70.4 Å². The number of nitrogens with zero attached hydrogens (tertiary/aromatic N) is 2. The van der Waals surface area contributed by atoms with Crippen LogP contribution >= 0.6 is 0 Å². The van der Waals surface area contributed by atoms with Gasteiger partial charge in [0.05, 0.1) is 4.90 Å². The fourth-order valence-electron chi connectivity index (χ4n) is 3.64. The number of rotatable bonds is 6. The largest absolute Gasteiger partial charge is 0.339 e. The third-order valence-electron chi connectivity index (χ3n) is 5.17. The molecule has 2 saturated heterocycles. The molecule has 2 amide bonds. The molecule has 0 saturated carbocycles. The van der Waals surface area contributed by atoms with E-state index in [-0.39, 0.29) is 23.3 Å². The fraction of sp³-hybridized carbons (Fsp3) is 0.556. The molecule has 0 spiro atoms. The molecule has 2 heterocycles. The quantitative estimate of drug-likeness (QED) is 0.563. The van der Waals surface area contributed by atoms with Gasteiger partial charge in [0.2, 0.25) is 21.8 Å². The Morgan fingerprint density at radius 3 is 2.61 bits per heavy atom.